The molecule has 0 aliphatic carbocycles. The van der Waals surface area contributed by atoms with Crippen molar-refractivity contribution in [1.82, 2.24) is 20.0 Å². The number of piperidine rings is 1. The zero-order chi connectivity index (χ0) is 16.2. The lowest BCUT2D eigenvalue weighted by molar-refractivity contribution is 0.0569. The second kappa shape index (κ2) is 6.76. The summed E-state index contributed by atoms with van der Waals surface area (Å²) < 4.78 is 10.8. The number of carbonyl (C=O) groups is 1. The van der Waals surface area contributed by atoms with Gasteiger partial charge in [0.15, 0.2) is 5.69 Å². The summed E-state index contributed by atoms with van der Waals surface area (Å²) in [6.07, 6.45) is 6.01. The van der Waals surface area contributed by atoms with E-state index in [-0.39, 0.29) is 12.0 Å². The number of amides is 1. The minimum atomic E-state index is -0.0937. The molecular formula is C16H20N4O3. The van der Waals surface area contributed by atoms with Gasteiger partial charge < -0.3 is 14.2 Å². The molecule has 3 heterocycles. The molecule has 0 unspecified atom stereocenters. The first-order valence-corrected chi connectivity index (χ1v) is 7.86. The van der Waals surface area contributed by atoms with Crippen molar-refractivity contribution in [3.05, 3.63) is 35.5 Å². The van der Waals surface area contributed by atoms with Crippen LogP contribution in [0.15, 0.2) is 23.0 Å². The van der Waals surface area contributed by atoms with Gasteiger partial charge in [-0.15, -0.1) is 0 Å². The minimum Gasteiger partial charge on any atom is -0.460 e. The molecule has 1 aliphatic rings. The Bertz CT molecular complexity index is 660. The van der Waals surface area contributed by atoms with Gasteiger partial charge in [-0.1, -0.05) is 12.1 Å². The van der Waals surface area contributed by atoms with Gasteiger partial charge in [0.25, 0.3) is 5.91 Å². The number of rotatable bonds is 4. The Kier molecular flexibility index (Phi) is 4.55. The molecule has 2 aromatic heterocycles. The van der Waals surface area contributed by atoms with Crippen molar-refractivity contribution in [2.75, 3.05) is 13.1 Å². The molecule has 0 spiro atoms. The molecule has 2 aromatic rings. The summed E-state index contributed by atoms with van der Waals surface area (Å²) in [5.74, 6) is 0.545. The van der Waals surface area contributed by atoms with E-state index in [1.165, 1.54) is 0 Å². The Morgan fingerprint density at radius 1 is 1.35 bits per heavy atom. The highest BCUT2D eigenvalue weighted by Crippen LogP contribution is 2.18. The average molecular weight is 316 g/mol. The highest BCUT2D eigenvalue weighted by molar-refractivity contribution is 5.92. The maximum atomic E-state index is 12.3. The van der Waals surface area contributed by atoms with E-state index >= 15 is 0 Å². The second-order valence-electron chi connectivity index (χ2n) is 5.66. The summed E-state index contributed by atoms with van der Waals surface area (Å²) in [5.41, 5.74) is 1.45. The number of nitrogens with zero attached hydrogens (tertiary/aromatic N) is 4. The SMILES string of the molecule is CCc1cnc(OC2CCN(C(=O)c3cc(C)on3)CC2)nc1. The Morgan fingerprint density at radius 2 is 2.04 bits per heavy atom. The van der Waals surface area contributed by atoms with E-state index in [0.29, 0.717) is 30.6 Å². The molecule has 7 nitrogen and oxygen atoms in total. The molecule has 0 saturated carbocycles. The third kappa shape index (κ3) is 3.67. The van der Waals surface area contributed by atoms with Crippen molar-refractivity contribution < 1.29 is 14.1 Å². The molecule has 0 atom stereocenters. The van der Waals surface area contributed by atoms with Gasteiger partial charge in [-0.2, -0.15) is 0 Å². The number of hydrogen-bond acceptors (Lipinski definition) is 6. The Balaban J connectivity index is 1.52. The Morgan fingerprint density at radius 3 is 2.61 bits per heavy atom. The molecule has 1 amide bonds. The van der Waals surface area contributed by atoms with Crippen molar-refractivity contribution in [2.24, 2.45) is 0 Å². The summed E-state index contributed by atoms with van der Waals surface area (Å²) >= 11 is 0. The van der Waals surface area contributed by atoms with Crippen molar-refractivity contribution in [3.8, 4) is 6.01 Å². The molecule has 7 heteroatoms. The van der Waals surface area contributed by atoms with Crippen LogP contribution in [0.2, 0.25) is 0 Å². The van der Waals surface area contributed by atoms with E-state index in [9.17, 15) is 4.79 Å². The molecule has 0 aromatic carbocycles. The van der Waals surface area contributed by atoms with Crippen LogP contribution in [0.25, 0.3) is 0 Å². The lowest BCUT2D eigenvalue weighted by Crippen LogP contribution is -2.42. The van der Waals surface area contributed by atoms with Gasteiger partial charge in [-0.3, -0.25) is 4.79 Å². The molecule has 1 saturated heterocycles. The molecule has 23 heavy (non-hydrogen) atoms. The van der Waals surface area contributed by atoms with Gasteiger partial charge in [0.2, 0.25) is 0 Å². The monoisotopic (exact) mass is 316 g/mol. The fourth-order valence-electron chi connectivity index (χ4n) is 2.54. The summed E-state index contributed by atoms with van der Waals surface area (Å²) in [4.78, 5) is 22.5. The molecule has 122 valence electrons. The predicted molar refractivity (Wildman–Crippen MR) is 82.2 cm³/mol. The third-order valence-electron chi connectivity index (χ3n) is 3.94. The maximum absolute atomic E-state index is 12.3. The van der Waals surface area contributed by atoms with E-state index in [2.05, 4.69) is 22.0 Å². The number of aryl methyl sites for hydroxylation is 2. The van der Waals surface area contributed by atoms with Crippen molar-refractivity contribution in [2.45, 2.75) is 39.2 Å². The predicted octanol–water partition coefficient (Wildman–Crippen LogP) is 2.02. The van der Waals surface area contributed by atoms with Gasteiger partial charge in [0, 0.05) is 44.4 Å². The van der Waals surface area contributed by atoms with E-state index in [1.54, 1.807) is 30.3 Å². The van der Waals surface area contributed by atoms with Gasteiger partial charge >= 0.3 is 6.01 Å². The Labute approximate surface area is 134 Å². The second-order valence-corrected chi connectivity index (χ2v) is 5.66. The van der Waals surface area contributed by atoms with Crippen LogP contribution >= 0.6 is 0 Å². The number of likely N-dealkylation sites (tertiary alicyclic amines) is 1. The van der Waals surface area contributed by atoms with Crippen LogP contribution < -0.4 is 4.74 Å². The van der Waals surface area contributed by atoms with Gasteiger partial charge in [0.05, 0.1) is 0 Å². The van der Waals surface area contributed by atoms with Crippen LogP contribution in [0.3, 0.4) is 0 Å². The van der Waals surface area contributed by atoms with Crippen LogP contribution in [0.5, 0.6) is 6.01 Å². The smallest absolute Gasteiger partial charge is 0.316 e. The summed E-state index contributed by atoms with van der Waals surface area (Å²) in [5, 5.41) is 3.78. The zero-order valence-electron chi connectivity index (χ0n) is 13.4. The highest BCUT2D eigenvalue weighted by Gasteiger charge is 2.26. The van der Waals surface area contributed by atoms with Crippen molar-refractivity contribution in [3.63, 3.8) is 0 Å². The molecule has 0 N–H and O–H groups in total. The quantitative estimate of drug-likeness (QED) is 0.858. The molecule has 1 aliphatic heterocycles. The first-order valence-electron chi connectivity index (χ1n) is 7.86. The van der Waals surface area contributed by atoms with Crippen LogP contribution in [0.1, 0.15) is 41.6 Å². The number of aromatic nitrogens is 3. The van der Waals surface area contributed by atoms with Crippen LogP contribution in [0, 0.1) is 6.92 Å². The van der Waals surface area contributed by atoms with Crippen LogP contribution in [-0.2, 0) is 6.42 Å². The lowest BCUT2D eigenvalue weighted by Gasteiger charge is -2.31. The Hall–Kier alpha value is -2.44. The fourth-order valence-corrected chi connectivity index (χ4v) is 2.54. The standard InChI is InChI=1S/C16H20N4O3/c1-3-12-9-17-16(18-10-12)22-13-4-6-20(7-5-13)15(21)14-8-11(2)23-19-14/h8-10,13H,3-7H2,1-2H3. The zero-order valence-corrected chi connectivity index (χ0v) is 13.4. The topological polar surface area (TPSA) is 81.4 Å². The van der Waals surface area contributed by atoms with E-state index in [0.717, 1.165) is 24.8 Å². The van der Waals surface area contributed by atoms with E-state index in [4.69, 9.17) is 9.26 Å². The summed E-state index contributed by atoms with van der Waals surface area (Å²) in [6.45, 7) is 5.08. The fraction of sp³-hybridized carbons (Fsp3) is 0.500. The van der Waals surface area contributed by atoms with E-state index in [1.807, 2.05) is 0 Å². The minimum absolute atomic E-state index is 0.0329. The van der Waals surface area contributed by atoms with Gasteiger partial charge in [0.1, 0.15) is 11.9 Å². The molecule has 0 bridgehead atoms. The highest BCUT2D eigenvalue weighted by atomic mass is 16.5. The molecule has 3 rings (SSSR count). The third-order valence-corrected chi connectivity index (χ3v) is 3.94. The largest absolute Gasteiger partial charge is 0.460 e. The number of hydrogen-bond donors (Lipinski definition) is 0. The first-order chi connectivity index (χ1) is 11.2. The number of ether oxygens (including phenoxy) is 1. The molecule has 1 fully saturated rings. The number of carbonyl (C=O) groups excluding carboxylic acids is 1. The first kappa shape index (κ1) is 15.5. The van der Waals surface area contributed by atoms with Gasteiger partial charge in [-0.05, 0) is 18.9 Å². The normalized spacial score (nSPS) is 15.7. The summed E-state index contributed by atoms with van der Waals surface area (Å²) in [7, 11) is 0. The molecular weight excluding hydrogens is 296 g/mol. The summed E-state index contributed by atoms with van der Waals surface area (Å²) in [6, 6.07) is 2.06. The van der Waals surface area contributed by atoms with Crippen molar-refractivity contribution in [1.29, 1.82) is 0 Å². The van der Waals surface area contributed by atoms with E-state index < -0.39 is 0 Å². The van der Waals surface area contributed by atoms with Crippen molar-refractivity contribution >= 4 is 5.91 Å². The average Bonchev–Trinajstić information content (AvgIpc) is 3.02. The van der Waals surface area contributed by atoms with Gasteiger partial charge in [-0.25, -0.2) is 9.97 Å². The lowest BCUT2D eigenvalue weighted by atomic mass is 10.1. The maximum Gasteiger partial charge on any atom is 0.316 e. The van der Waals surface area contributed by atoms with Crippen LogP contribution in [-0.4, -0.2) is 45.1 Å². The van der Waals surface area contributed by atoms with Crippen LogP contribution in [0.4, 0.5) is 0 Å². The molecule has 0 radical (unpaired) electrons.